The number of hydrogen-bond acceptors (Lipinski definition) is 5. The SMILES string of the molecule is CN1CCCN(C2CC=Cc3nc(CN4CCC[C@H]5CCc6cccnc6[C@H]54)cn32)CC1. The molecule has 0 amide bonds. The molecule has 3 atom stereocenters. The molecule has 0 saturated carbocycles. The first-order chi connectivity index (χ1) is 15.8. The van der Waals surface area contributed by atoms with Crippen molar-refractivity contribution in [2.24, 2.45) is 5.92 Å². The zero-order chi connectivity index (χ0) is 21.5. The third-order valence-electron chi connectivity index (χ3n) is 8.14. The summed E-state index contributed by atoms with van der Waals surface area (Å²) >= 11 is 0. The molecule has 170 valence electrons. The number of fused-ring (bicyclic) bond motifs is 4. The van der Waals surface area contributed by atoms with Crippen molar-refractivity contribution < 1.29 is 0 Å². The Labute approximate surface area is 191 Å². The average Bonchev–Trinajstić information content (AvgIpc) is 3.11. The number of hydrogen-bond donors (Lipinski definition) is 0. The number of pyridine rings is 1. The van der Waals surface area contributed by atoms with Crippen LogP contribution in [0.5, 0.6) is 0 Å². The molecule has 6 nitrogen and oxygen atoms in total. The molecule has 0 radical (unpaired) electrons. The van der Waals surface area contributed by atoms with Crippen LogP contribution in [0, 0.1) is 5.92 Å². The zero-order valence-corrected chi connectivity index (χ0v) is 19.4. The number of likely N-dealkylation sites (N-methyl/N-ethyl adjacent to an activating group) is 1. The Morgan fingerprint density at radius 3 is 3.00 bits per heavy atom. The van der Waals surface area contributed by atoms with E-state index in [-0.39, 0.29) is 0 Å². The van der Waals surface area contributed by atoms with E-state index >= 15 is 0 Å². The Kier molecular flexibility index (Phi) is 5.61. The summed E-state index contributed by atoms with van der Waals surface area (Å²) in [5.74, 6) is 1.87. The van der Waals surface area contributed by atoms with Gasteiger partial charge in [0.15, 0.2) is 0 Å². The fourth-order valence-corrected chi connectivity index (χ4v) is 6.50. The summed E-state index contributed by atoms with van der Waals surface area (Å²) in [7, 11) is 2.25. The van der Waals surface area contributed by atoms with Crippen molar-refractivity contribution in [3.8, 4) is 0 Å². The lowest BCUT2D eigenvalue weighted by molar-refractivity contribution is 0.0685. The van der Waals surface area contributed by atoms with Gasteiger partial charge in [-0.05, 0) is 75.9 Å². The van der Waals surface area contributed by atoms with Gasteiger partial charge in [-0.25, -0.2) is 4.98 Å². The van der Waals surface area contributed by atoms with Crippen LogP contribution in [0.4, 0.5) is 0 Å². The topological polar surface area (TPSA) is 40.4 Å². The number of likely N-dealkylation sites (tertiary alicyclic amines) is 1. The molecular formula is C26H36N6. The maximum absolute atomic E-state index is 5.10. The number of imidazole rings is 1. The summed E-state index contributed by atoms with van der Waals surface area (Å²) in [4.78, 5) is 17.8. The van der Waals surface area contributed by atoms with E-state index in [1.165, 1.54) is 62.1 Å². The lowest BCUT2D eigenvalue weighted by atomic mass is 9.77. The van der Waals surface area contributed by atoms with Gasteiger partial charge in [-0.3, -0.25) is 14.8 Å². The van der Waals surface area contributed by atoms with Crippen LogP contribution in [0.15, 0.2) is 30.6 Å². The third-order valence-corrected chi connectivity index (χ3v) is 8.14. The standard InChI is InChI=1S/C26H36N6/c1-29-13-5-15-30(17-16-29)24-9-2-8-23-28-22(19-32(23)24)18-31-14-4-7-21-11-10-20-6-3-12-27-25(20)26(21)31/h2-3,6,8,12,19,21,24,26H,4-5,7,9-11,13-18H2,1H3/t21-,24?,26-/m0/s1. The highest BCUT2D eigenvalue weighted by Crippen LogP contribution is 2.43. The minimum Gasteiger partial charge on any atom is -0.315 e. The number of aromatic nitrogens is 3. The van der Waals surface area contributed by atoms with Crippen molar-refractivity contribution in [3.63, 3.8) is 0 Å². The van der Waals surface area contributed by atoms with Crippen LogP contribution in [-0.4, -0.2) is 69.0 Å². The minimum atomic E-state index is 0.411. The maximum atomic E-state index is 5.10. The van der Waals surface area contributed by atoms with Gasteiger partial charge in [0.1, 0.15) is 5.82 Å². The first kappa shape index (κ1) is 20.6. The van der Waals surface area contributed by atoms with E-state index in [4.69, 9.17) is 9.97 Å². The molecule has 6 heteroatoms. The predicted molar refractivity (Wildman–Crippen MR) is 127 cm³/mol. The lowest BCUT2D eigenvalue weighted by Gasteiger charge is -2.44. The first-order valence-corrected chi connectivity index (χ1v) is 12.6. The van der Waals surface area contributed by atoms with E-state index in [1.807, 2.05) is 6.20 Å². The Balaban J connectivity index is 1.24. The van der Waals surface area contributed by atoms with Crippen LogP contribution in [0.3, 0.4) is 0 Å². The van der Waals surface area contributed by atoms with Crippen LogP contribution in [0.2, 0.25) is 0 Å². The van der Waals surface area contributed by atoms with Gasteiger partial charge >= 0.3 is 0 Å². The molecule has 32 heavy (non-hydrogen) atoms. The highest BCUT2D eigenvalue weighted by Gasteiger charge is 2.38. The molecule has 2 aromatic heterocycles. The van der Waals surface area contributed by atoms with Crippen molar-refractivity contribution >= 4 is 6.08 Å². The molecule has 6 rings (SSSR count). The fourth-order valence-electron chi connectivity index (χ4n) is 6.50. The fraction of sp³-hybridized carbons (Fsp3) is 0.615. The maximum Gasteiger partial charge on any atom is 0.133 e. The van der Waals surface area contributed by atoms with E-state index in [2.05, 4.69) is 56.8 Å². The molecular weight excluding hydrogens is 396 g/mol. The number of aryl methyl sites for hydroxylation is 1. The lowest BCUT2D eigenvalue weighted by Crippen LogP contribution is -2.41. The normalized spacial score (nSPS) is 29.2. The van der Waals surface area contributed by atoms with E-state index in [9.17, 15) is 0 Å². The van der Waals surface area contributed by atoms with Gasteiger partial charge in [-0.15, -0.1) is 0 Å². The molecule has 1 aliphatic carbocycles. The number of rotatable bonds is 3. The Hall–Kier alpha value is -2.02. The quantitative estimate of drug-likeness (QED) is 0.739. The van der Waals surface area contributed by atoms with Crippen LogP contribution < -0.4 is 0 Å². The zero-order valence-electron chi connectivity index (χ0n) is 19.4. The molecule has 0 bridgehead atoms. The van der Waals surface area contributed by atoms with Gasteiger partial charge in [0.2, 0.25) is 0 Å². The van der Waals surface area contributed by atoms with Gasteiger partial charge in [0.25, 0.3) is 0 Å². The summed E-state index contributed by atoms with van der Waals surface area (Å²) in [5, 5.41) is 0. The average molecular weight is 433 g/mol. The van der Waals surface area contributed by atoms with Crippen molar-refractivity contribution in [3.05, 3.63) is 53.4 Å². The van der Waals surface area contributed by atoms with Gasteiger partial charge in [-0.2, -0.15) is 0 Å². The van der Waals surface area contributed by atoms with E-state index in [1.54, 1.807) is 0 Å². The van der Waals surface area contributed by atoms with Gasteiger partial charge in [-0.1, -0.05) is 12.1 Å². The summed E-state index contributed by atoms with van der Waals surface area (Å²) in [6, 6.07) is 4.84. The second-order valence-corrected chi connectivity index (χ2v) is 10.2. The van der Waals surface area contributed by atoms with Crippen LogP contribution in [0.25, 0.3) is 6.08 Å². The molecule has 2 aromatic rings. The van der Waals surface area contributed by atoms with Crippen LogP contribution >= 0.6 is 0 Å². The first-order valence-electron chi connectivity index (χ1n) is 12.6. The van der Waals surface area contributed by atoms with Crippen molar-refractivity contribution in [1.29, 1.82) is 0 Å². The third kappa shape index (κ3) is 3.82. The molecule has 3 aliphatic heterocycles. The molecule has 0 aromatic carbocycles. The van der Waals surface area contributed by atoms with E-state index < -0.39 is 0 Å². The number of piperidine rings is 1. The Bertz CT molecular complexity index is 980. The number of nitrogens with zero attached hydrogens (tertiary/aromatic N) is 6. The molecule has 0 N–H and O–H groups in total. The van der Waals surface area contributed by atoms with Crippen LogP contribution in [0.1, 0.15) is 67.1 Å². The highest BCUT2D eigenvalue weighted by molar-refractivity contribution is 5.44. The molecule has 1 unspecified atom stereocenters. The second kappa shape index (κ2) is 8.73. The smallest absolute Gasteiger partial charge is 0.133 e. The Morgan fingerprint density at radius 1 is 1.06 bits per heavy atom. The van der Waals surface area contributed by atoms with Crippen molar-refractivity contribution in [2.45, 2.75) is 57.3 Å². The predicted octanol–water partition coefficient (Wildman–Crippen LogP) is 3.73. The molecule has 2 fully saturated rings. The van der Waals surface area contributed by atoms with Crippen molar-refractivity contribution in [1.82, 2.24) is 29.2 Å². The summed E-state index contributed by atoms with van der Waals surface area (Å²) in [5.41, 5.74) is 4.00. The minimum absolute atomic E-state index is 0.411. The largest absolute Gasteiger partial charge is 0.315 e. The highest BCUT2D eigenvalue weighted by atomic mass is 15.3. The summed E-state index contributed by atoms with van der Waals surface area (Å²) in [6.07, 6.45) is 16.7. The monoisotopic (exact) mass is 432 g/mol. The molecule has 0 spiro atoms. The van der Waals surface area contributed by atoms with Gasteiger partial charge < -0.3 is 9.47 Å². The van der Waals surface area contributed by atoms with E-state index in [0.717, 1.165) is 44.3 Å². The van der Waals surface area contributed by atoms with Crippen LogP contribution in [-0.2, 0) is 13.0 Å². The van der Waals surface area contributed by atoms with E-state index in [0.29, 0.717) is 12.2 Å². The summed E-state index contributed by atoms with van der Waals surface area (Å²) < 4.78 is 2.45. The van der Waals surface area contributed by atoms with Crippen molar-refractivity contribution in [2.75, 3.05) is 39.8 Å². The summed E-state index contributed by atoms with van der Waals surface area (Å²) in [6.45, 7) is 6.75. The van der Waals surface area contributed by atoms with Gasteiger partial charge in [0.05, 0.1) is 23.6 Å². The second-order valence-electron chi connectivity index (χ2n) is 10.2. The molecule has 5 heterocycles. The van der Waals surface area contributed by atoms with Gasteiger partial charge in [0, 0.05) is 45.0 Å². The Morgan fingerprint density at radius 2 is 2.03 bits per heavy atom. The molecule has 4 aliphatic rings. The molecule has 2 saturated heterocycles.